The van der Waals surface area contributed by atoms with Crippen LogP contribution in [0, 0.1) is 0 Å². The quantitative estimate of drug-likeness (QED) is 0.573. The molecule has 4 heteroatoms. The standard InChI is InChI=1S/C11H15BrClNO/c12-11(3-1-2-10(13)8-11)9-14-4-6-15-7-5-14/h1,3,8H,2,4-7,9H2. The van der Waals surface area contributed by atoms with E-state index in [2.05, 4.69) is 39.1 Å². The van der Waals surface area contributed by atoms with Gasteiger partial charge in [-0.1, -0.05) is 39.7 Å². The molecule has 15 heavy (non-hydrogen) atoms. The van der Waals surface area contributed by atoms with Crippen molar-refractivity contribution in [1.29, 1.82) is 0 Å². The molecule has 1 fully saturated rings. The molecule has 0 amide bonds. The number of rotatable bonds is 2. The highest BCUT2D eigenvalue weighted by atomic mass is 79.9. The molecular weight excluding hydrogens is 277 g/mol. The molecular formula is C11H15BrClNO. The topological polar surface area (TPSA) is 12.5 Å². The summed E-state index contributed by atoms with van der Waals surface area (Å²) in [6.45, 7) is 4.65. The van der Waals surface area contributed by atoms with Crippen molar-refractivity contribution in [3.63, 3.8) is 0 Å². The molecule has 0 aromatic carbocycles. The summed E-state index contributed by atoms with van der Waals surface area (Å²) in [6.07, 6.45) is 7.27. The number of hydrogen-bond donors (Lipinski definition) is 0. The fourth-order valence-electron chi connectivity index (χ4n) is 1.94. The summed E-state index contributed by atoms with van der Waals surface area (Å²) in [5.74, 6) is 0. The van der Waals surface area contributed by atoms with Crippen molar-refractivity contribution in [2.75, 3.05) is 32.8 Å². The number of halogens is 2. The van der Waals surface area contributed by atoms with Gasteiger partial charge in [-0.05, 0) is 6.08 Å². The number of morpholine rings is 1. The first-order valence-corrected chi connectivity index (χ1v) is 6.39. The van der Waals surface area contributed by atoms with E-state index in [1.807, 2.05) is 0 Å². The van der Waals surface area contributed by atoms with Crippen LogP contribution in [0.2, 0.25) is 0 Å². The third-order valence-corrected chi connectivity index (χ3v) is 3.68. The van der Waals surface area contributed by atoms with Crippen molar-refractivity contribution in [1.82, 2.24) is 4.90 Å². The van der Waals surface area contributed by atoms with E-state index in [1.54, 1.807) is 0 Å². The van der Waals surface area contributed by atoms with Crippen LogP contribution in [0.15, 0.2) is 23.3 Å². The SMILES string of the molecule is ClC1=CC(Br)(CN2CCOCC2)C=CC1. The third kappa shape index (κ3) is 3.31. The van der Waals surface area contributed by atoms with Crippen molar-refractivity contribution in [2.24, 2.45) is 0 Å². The van der Waals surface area contributed by atoms with E-state index in [-0.39, 0.29) is 4.32 Å². The molecule has 0 saturated carbocycles. The molecule has 0 radical (unpaired) electrons. The van der Waals surface area contributed by atoms with E-state index >= 15 is 0 Å². The predicted molar refractivity (Wildman–Crippen MR) is 66.6 cm³/mol. The average molecular weight is 293 g/mol. The third-order valence-electron chi connectivity index (χ3n) is 2.67. The normalized spacial score (nSPS) is 32.8. The highest BCUT2D eigenvalue weighted by molar-refractivity contribution is 9.10. The van der Waals surface area contributed by atoms with Crippen LogP contribution >= 0.6 is 27.5 Å². The molecule has 1 atom stereocenters. The summed E-state index contributed by atoms with van der Waals surface area (Å²) >= 11 is 9.80. The fourth-order valence-corrected chi connectivity index (χ4v) is 3.17. The molecule has 84 valence electrons. The van der Waals surface area contributed by atoms with Gasteiger partial charge in [-0.3, -0.25) is 4.90 Å². The van der Waals surface area contributed by atoms with Gasteiger partial charge in [0.05, 0.1) is 17.5 Å². The van der Waals surface area contributed by atoms with Crippen molar-refractivity contribution < 1.29 is 4.74 Å². The summed E-state index contributed by atoms with van der Waals surface area (Å²) < 4.78 is 5.24. The molecule has 1 saturated heterocycles. The van der Waals surface area contributed by atoms with Crippen molar-refractivity contribution >= 4 is 27.5 Å². The zero-order valence-corrected chi connectivity index (χ0v) is 10.9. The van der Waals surface area contributed by atoms with E-state index in [1.165, 1.54) is 0 Å². The molecule has 0 N–H and O–H groups in total. The van der Waals surface area contributed by atoms with Crippen LogP contribution in [0.5, 0.6) is 0 Å². The lowest BCUT2D eigenvalue weighted by Gasteiger charge is -2.33. The Morgan fingerprint density at radius 3 is 2.87 bits per heavy atom. The van der Waals surface area contributed by atoms with Crippen LogP contribution in [-0.4, -0.2) is 42.1 Å². The summed E-state index contributed by atoms with van der Waals surface area (Å²) in [7, 11) is 0. The molecule has 0 aromatic heterocycles. The van der Waals surface area contributed by atoms with Crippen molar-refractivity contribution in [2.45, 2.75) is 10.7 Å². The summed E-state index contributed by atoms with van der Waals surface area (Å²) in [5.41, 5.74) is 0. The van der Waals surface area contributed by atoms with Gasteiger partial charge in [0, 0.05) is 31.1 Å². The second-order valence-corrected chi connectivity index (χ2v) is 5.97. The van der Waals surface area contributed by atoms with Crippen LogP contribution < -0.4 is 0 Å². The molecule has 0 bridgehead atoms. The summed E-state index contributed by atoms with van der Waals surface area (Å²) in [6, 6.07) is 0. The van der Waals surface area contributed by atoms with Gasteiger partial charge < -0.3 is 4.74 Å². The minimum atomic E-state index is -0.0837. The molecule has 2 rings (SSSR count). The van der Waals surface area contributed by atoms with E-state index in [0.29, 0.717) is 0 Å². The van der Waals surface area contributed by atoms with Crippen molar-refractivity contribution in [3.8, 4) is 0 Å². The molecule has 2 nitrogen and oxygen atoms in total. The molecule has 2 aliphatic rings. The van der Waals surface area contributed by atoms with Gasteiger partial charge in [-0.25, -0.2) is 0 Å². The average Bonchev–Trinajstić information content (AvgIpc) is 2.18. The zero-order valence-electron chi connectivity index (χ0n) is 8.59. The molecule has 1 aliphatic heterocycles. The Morgan fingerprint density at radius 2 is 2.20 bits per heavy atom. The lowest BCUT2D eigenvalue weighted by Crippen LogP contribution is -2.43. The van der Waals surface area contributed by atoms with Crippen LogP contribution in [-0.2, 0) is 4.74 Å². The monoisotopic (exact) mass is 291 g/mol. The van der Waals surface area contributed by atoms with E-state index in [9.17, 15) is 0 Å². The van der Waals surface area contributed by atoms with Gasteiger partial charge in [0.25, 0.3) is 0 Å². The Balaban J connectivity index is 1.97. The first-order valence-electron chi connectivity index (χ1n) is 5.22. The van der Waals surface area contributed by atoms with Gasteiger partial charge in [0.2, 0.25) is 0 Å². The smallest absolute Gasteiger partial charge is 0.0757 e. The largest absolute Gasteiger partial charge is 0.379 e. The Kier molecular flexibility index (Phi) is 3.88. The minimum absolute atomic E-state index is 0.0837. The van der Waals surface area contributed by atoms with Gasteiger partial charge in [-0.2, -0.15) is 0 Å². The number of nitrogens with zero attached hydrogens (tertiary/aromatic N) is 1. The second kappa shape index (κ2) is 5.00. The van der Waals surface area contributed by atoms with Gasteiger partial charge in [0.1, 0.15) is 0 Å². The van der Waals surface area contributed by atoms with E-state index < -0.39 is 0 Å². The van der Waals surface area contributed by atoms with Gasteiger partial charge in [0.15, 0.2) is 0 Å². The molecule has 1 heterocycles. The second-order valence-electron chi connectivity index (χ2n) is 4.01. The number of hydrogen-bond acceptors (Lipinski definition) is 2. The number of allylic oxidation sites excluding steroid dienone is 2. The maximum atomic E-state index is 6.06. The van der Waals surface area contributed by atoms with Crippen LogP contribution in [0.1, 0.15) is 6.42 Å². The highest BCUT2D eigenvalue weighted by Gasteiger charge is 2.27. The van der Waals surface area contributed by atoms with Crippen molar-refractivity contribution in [3.05, 3.63) is 23.3 Å². The number of ether oxygens (including phenoxy) is 1. The van der Waals surface area contributed by atoms with Crippen LogP contribution in [0.25, 0.3) is 0 Å². The van der Waals surface area contributed by atoms with E-state index in [0.717, 1.165) is 44.3 Å². The lowest BCUT2D eigenvalue weighted by molar-refractivity contribution is 0.0373. The lowest BCUT2D eigenvalue weighted by atomic mass is 10.0. The summed E-state index contributed by atoms with van der Waals surface area (Å²) in [5, 5.41) is 0.919. The molecule has 1 unspecified atom stereocenters. The molecule has 1 aliphatic carbocycles. The van der Waals surface area contributed by atoms with Gasteiger partial charge >= 0.3 is 0 Å². The Hall–Kier alpha value is 0.170. The van der Waals surface area contributed by atoms with E-state index in [4.69, 9.17) is 16.3 Å². The predicted octanol–water partition coefficient (Wildman–Crippen LogP) is 2.53. The number of alkyl halides is 1. The molecule has 0 spiro atoms. The first-order chi connectivity index (χ1) is 7.18. The Bertz CT molecular complexity index is 286. The summed E-state index contributed by atoms with van der Waals surface area (Å²) in [4.78, 5) is 2.40. The van der Waals surface area contributed by atoms with Crippen LogP contribution in [0.4, 0.5) is 0 Å². The fraction of sp³-hybridized carbons (Fsp3) is 0.636. The Morgan fingerprint density at radius 1 is 1.47 bits per heavy atom. The Labute approximate surface area is 104 Å². The highest BCUT2D eigenvalue weighted by Crippen LogP contribution is 2.31. The first kappa shape index (κ1) is 11.6. The zero-order chi connectivity index (χ0) is 10.7. The molecule has 0 aromatic rings. The van der Waals surface area contributed by atoms with Gasteiger partial charge in [-0.15, -0.1) is 0 Å². The maximum Gasteiger partial charge on any atom is 0.0757 e. The maximum absolute atomic E-state index is 6.06. The van der Waals surface area contributed by atoms with Crippen LogP contribution in [0.3, 0.4) is 0 Å². The minimum Gasteiger partial charge on any atom is -0.379 e.